The van der Waals surface area contributed by atoms with E-state index in [2.05, 4.69) is 5.32 Å². The normalized spacial score (nSPS) is 12.5. The van der Waals surface area contributed by atoms with Gasteiger partial charge in [-0.15, -0.1) is 11.6 Å². The zero-order valence-corrected chi connectivity index (χ0v) is 11.1. The van der Waals surface area contributed by atoms with E-state index in [9.17, 15) is 9.90 Å². The summed E-state index contributed by atoms with van der Waals surface area (Å²) < 4.78 is 0. The van der Waals surface area contributed by atoms with Crippen molar-refractivity contribution in [2.75, 3.05) is 5.88 Å². The Kier molecular flexibility index (Phi) is 4.82. The molecule has 1 atom stereocenters. The van der Waals surface area contributed by atoms with Crippen molar-refractivity contribution in [2.45, 2.75) is 26.8 Å². The van der Waals surface area contributed by atoms with Crippen LogP contribution in [0.15, 0.2) is 18.2 Å². The van der Waals surface area contributed by atoms with Crippen LogP contribution in [-0.2, 0) is 0 Å². The predicted octanol–water partition coefficient (Wildman–Crippen LogP) is 2.69. The summed E-state index contributed by atoms with van der Waals surface area (Å²) in [6.07, 6.45) is 0. The van der Waals surface area contributed by atoms with Gasteiger partial charge in [0.25, 0.3) is 5.91 Å². The predicted molar refractivity (Wildman–Crippen MR) is 69.7 cm³/mol. The molecule has 4 heteroatoms. The Labute approximate surface area is 107 Å². The van der Waals surface area contributed by atoms with E-state index in [1.165, 1.54) is 6.07 Å². The van der Waals surface area contributed by atoms with Gasteiger partial charge in [-0.3, -0.25) is 4.79 Å². The molecule has 1 aromatic rings. The molecule has 17 heavy (non-hydrogen) atoms. The molecular formula is C13H18ClNO2. The number of rotatable bonds is 4. The summed E-state index contributed by atoms with van der Waals surface area (Å²) in [6, 6.07) is 4.81. The fraction of sp³-hybridized carbons (Fsp3) is 0.462. The maximum absolute atomic E-state index is 11.9. The molecule has 1 unspecified atom stereocenters. The second kappa shape index (κ2) is 5.92. The second-order valence-electron chi connectivity index (χ2n) is 4.48. The van der Waals surface area contributed by atoms with E-state index in [0.717, 1.165) is 5.56 Å². The monoisotopic (exact) mass is 255 g/mol. The molecule has 0 aliphatic rings. The highest BCUT2D eigenvalue weighted by Gasteiger charge is 2.16. The lowest BCUT2D eigenvalue weighted by Crippen LogP contribution is -2.39. The Morgan fingerprint density at radius 1 is 1.47 bits per heavy atom. The fourth-order valence-corrected chi connectivity index (χ4v) is 1.82. The van der Waals surface area contributed by atoms with Gasteiger partial charge in [-0.25, -0.2) is 0 Å². The minimum atomic E-state index is -0.209. The second-order valence-corrected chi connectivity index (χ2v) is 4.79. The summed E-state index contributed by atoms with van der Waals surface area (Å²) in [5.41, 5.74) is 1.20. The van der Waals surface area contributed by atoms with Gasteiger partial charge in [0.15, 0.2) is 0 Å². The Morgan fingerprint density at radius 3 is 2.59 bits per heavy atom. The van der Waals surface area contributed by atoms with Crippen LogP contribution in [-0.4, -0.2) is 22.9 Å². The van der Waals surface area contributed by atoms with E-state index in [-0.39, 0.29) is 23.6 Å². The number of hydrogen-bond acceptors (Lipinski definition) is 2. The summed E-state index contributed by atoms with van der Waals surface area (Å²) in [5, 5.41) is 12.4. The van der Waals surface area contributed by atoms with Crippen molar-refractivity contribution < 1.29 is 9.90 Å². The molecule has 0 aromatic heterocycles. The van der Waals surface area contributed by atoms with E-state index in [1.807, 2.05) is 13.8 Å². The van der Waals surface area contributed by atoms with Gasteiger partial charge in [-0.05, 0) is 30.5 Å². The van der Waals surface area contributed by atoms with Crippen molar-refractivity contribution in [2.24, 2.45) is 5.92 Å². The first-order valence-corrected chi connectivity index (χ1v) is 6.15. The zero-order valence-electron chi connectivity index (χ0n) is 10.3. The third kappa shape index (κ3) is 3.63. The number of hydrogen-bond donors (Lipinski definition) is 2. The highest BCUT2D eigenvalue weighted by molar-refractivity contribution is 6.18. The van der Waals surface area contributed by atoms with Crippen LogP contribution in [0.1, 0.15) is 29.8 Å². The molecule has 0 aliphatic carbocycles. The summed E-state index contributed by atoms with van der Waals surface area (Å²) >= 11 is 5.79. The molecule has 0 bridgehead atoms. The fourth-order valence-electron chi connectivity index (χ4n) is 1.39. The Hall–Kier alpha value is -1.22. The molecule has 3 nitrogen and oxygen atoms in total. The van der Waals surface area contributed by atoms with Crippen LogP contribution >= 0.6 is 11.6 Å². The number of halogens is 1. The third-order valence-electron chi connectivity index (χ3n) is 2.76. The van der Waals surface area contributed by atoms with Crippen LogP contribution < -0.4 is 5.32 Å². The number of phenolic OH excluding ortho intramolecular Hbond substituents is 1. The van der Waals surface area contributed by atoms with E-state index in [0.29, 0.717) is 11.4 Å². The number of aryl methyl sites for hydroxylation is 1. The molecule has 0 radical (unpaired) electrons. The summed E-state index contributed by atoms with van der Waals surface area (Å²) in [4.78, 5) is 11.9. The summed E-state index contributed by atoms with van der Waals surface area (Å²) in [6.45, 7) is 5.78. The number of carbonyl (C=O) groups excluding carboxylic acids is 1. The number of aromatic hydroxyl groups is 1. The highest BCUT2D eigenvalue weighted by atomic mass is 35.5. The van der Waals surface area contributed by atoms with E-state index in [4.69, 9.17) is 11.6 Å². The van der Waals surface area contributed by atoms with Crippen molar-refractivity contribution in [3.63, 3.8) is 0 Å². The molecule has 0 aliphatic heterocycles. The van der Waals surface area contributed by atoms with Gasteiger partial charge >= 0.3 is 0 Å². The quantitative estimate of drug-likeness (QED) is 0.813. The SMILES string of the molecule is Cc1ccc(C(=O)NC(CCl)C(C)C)cc1O. The number of carbonyl (C=O) groups is 1. The van der Waals surface area contributed by atoms with Crippen molar-refractivity contribution in [1.29, 1.82) is 0 Å². The molecule has 1 aromatic carbocycles. The maximum Gasteiger partial charge on any atom is 0.251 e. The van der Waals surface area contributed by atoms with Gasteiger partial charge in [-0.1, -0.05) is 19.9 Å². The van der Waals surface area contributed by atoms with Crippen LogP contribution in [0.25, 0.3) is 0 Å². The van der Waals surface area contributed by atoms with Gasteiger partial charge in [0.1, 0.15) is 5.75 Å². The lowest BCUT2D eigenvalue weighted by atomic mass is 10.1. The smallest absolute Gasteiger partial charge is 0.251 e. The van der Waals surface area contributed by atoms with E-state index < -0.39 is 0 Å². The van der Waals surface area contributed by atoms with Gasteiger partial charge in [0.05, 0.1) is 0 Å². The molecule has 0 saturated carbocycles. The summed E-state index contributed by atoms with van der Waals surface area (Å²) in [7, 11) is 0. The van der Waals surface area contributed by atoms with Crippen molar-refractivity contribution >= 4 is 17.5 Å². The molecule has 1 rings (SSSR count). The Morgan fingerprint density at radius 2 is 2.12 bits per heavy atom. The summed E-state index contributed by atoms with van der Waals surface area (Å²) in [5.74, 6) is 0.570. The van der Waals surface area contributed by atoms with Crippen molar-refractivity contribution in [1.82, 2.24) is 5.32 Å². The lowest BCUT2D eigenvalue weighted by Gasteiger charge is -2.19. The standard InChI is InChI=1S/C13H18ClNO2/c1-8(2)11(7-14)15-13(17)10-5-4-9(3)12(16)6-10/h4-6,8,11,16H,7H2,1-3H3,(H,15,17). The molecule has 0 heterocycles. The largest absolute Gasteiger partial charge is 0.508 e. The van der Waals surface area contributed by atoms with E-state index in [1.54, 1.807) is 19.1 Å². The van der Waals surface area contributed by atoms with Gasteiger partial charge in [-0.2, -0.15) is 0 Å². The molecular weight excluding hydrogens is 238 g/mol. The molecule has 0 spiro atoms. The average Bonchev–Trinajstić information content (AvgIpc) is 2.28. The molecule has 0 fully saturated rings. The average molecular weight is 256 g/mol. The highest BCUT2D eigenvalue weighted by Crippen LogP contribution is 2.17. The van der Waals surface area contributed by atoms with Crippen LogP contribution in [0.5, 0.6) is 5.75 Å². The Bertz CT molecular complexity index is 404. The van der Waals surface area contributed by atoms with E-state index >= 15 is 0 Å². The van der Waals surface area contributed by atoms with Crippen molar-refractivity contribution in [3.8, 4) is 5.75 Å². The molecule has 94 valence electrons. The zero-order chi connectivity index (χ0) is 13.0. The minimum absolute atomic E-state index is 0.0624. The molecule has 2 N–H and O–H groups in total. The first kappa shape index (κ1) is 13.8. The third-order valence-corrected chi connectivity index (χ3v) is 3.09. The first-order chi connectivity index (χ1) is 7.95. The number of amides is 1. The number of nitrogens with one attached hydrogen (secondary N) is 1. The Balaban J connectivity index is 2.79. The number of benzene rings is 1. The first-order valence-electron chi connectivity index (χ1n) is 5.62. The number of alkyl halides is 1. The van der Waals surface area contributed by atoms with Crippen LogP contribution in [0, 0.1) is 12.8 Å². The number of phenols is 1. The lowest BCUT2D eigenvalue weighted by molar-refractivity contribution is 0.0931. The van der Waals surface area contributed by atoms with Gasteiger partial charge in [0, 0.05) is 17.5 Å². The topological polar surface area (TPSA) is 49.3 Å². The molecule has 0 saturated heterocycles. The van der Waals surface area contributed by atoms with Crippen LogP contribution in [0.4, 0.5) is 0 Å². The van der Waals surface area contributed by atoms with Gasteiger partial charge < -0.3 is 10.4 Å². The van der Waals surface area contributed by atoms with Crippen molar-refractivity contribution in [3.05, 3.63) is 29.3 Å². The maximum atomic E-state index is 11.9. The molecule has 1 amide bonds. The van der Waals surface area contributed by atoms with Crippen LogP contribution in [0.2, 0.25) is 0 Å². The van der Waals surface area contributed by atoms with Gasteiger partial charge in [0.2, 0.25) is 0 Å². The minimum Gasteiger partial charge on any atom is -0.508 e. The van der Waals surface area contributed by atoms with Crippen LogP contribution in [0.3, 0.4) is 0 Å².